The molecule has 0 radical (unpaired) electrons. The van der Waals surface area contributed by atoms with Crippen LogP contribution in [0.2, 0.25) is 5.02 Å². The highest BCUT2D eigenvalue weighted by Gasteiger charge is 2.40. The highest BCUT2D eigenvalue weighted by atomic mass is 35.5. The monoisotopic (exact) mass is 375 g/mol. The first-order valence-electron chi connectivity index (χ1n) is 8.35. The Hall–Kier alpha value is -0.660. The van der Waals surface area contributed by atoms with Gasteiger partial charge in [0, 0.05) is 17.7 Å². The summed E-state index contributed by atoms with van der Waals surface area (Å²) in [5.74, 6) is -0.228. The van der Waals surface area contributed by atoms with Crippen molar-refractivity contribution >= 4 is 21.7 Å². The Morgan fingerprint density at radius 3 is 2.42 bits per heavy atom. The summed E-state index contributed by atoms with van der Waals surface area (Å²) in [5.41, 5.74) is 0.839. The molecule has 1 saturated carbocycles. The van der Waals surface area contributed by atoms with Crippen LogP contribution in [-0.4, -0.2) is 37.9 Å². The Kier molecular flexibility index (Phi) is 7.07. The van der Waals surface area contributed by atoms with Gasteiger partial charge in [-0.3, -0.25) is 4.55 Å². The average molecular weight is 376 g/mol. The maximum Gasteiger partial charge on any atom is 0.264 e. The molecule has 1 aromatic rings. The van der Waals surface area contributed by atoms with Crippen molar-refractivity contribution in [2.75, 3.05) is 19.4 Å². The number of methoxy groups -OCH3 is 1. The maximum absolute atomic E-state index is 10.9. The van der Waals surface area contributed by atoms with Crippen molar-refractivity contribution in [1.29, 1.82) is 0 Å². The minimum atomic E-state index is -3.92. The molecule has 2 N–H and O–H groups in total. The Bertz CT molecular complexity index is 612. The zero-order chi connectivity index (χ0) is 17.6. The van der Waals surface area contributed by atoms with Crippen LogP contribution < -0.4 is 5.32 Å². The lowest BCUT2D eigenvalue weighted by atomic mass is 9.75. The number of rotatable bonds is 8. The molecule has 0 aromatic heterocycles. The second-order valence-electron chi connectivity index (χ2n) is 6.45. The number of nitrogens with one attached hydrogen (secondary N) is 1. The zero-order valence-corrected chi connectivity index (χ0v) is 15.6. The van der Waals surface area contributed by atoms with Crippen molar-refractivity contribution in [3.63, 3.8) is 0 Å². The SMILES string of the molecule is COC(c1ccc(Cl)cc1)C1(NCCCS(=O)(=O)O)CCCCC1. The molecule has 2 rings (SSSR count). The molecule has 5 nitrogen and oxygen atoms in total. The molecule has 1 atom stereocenters. The van der Waals surface area contributed by atoms with E-state index in [0.717, 1.165) is 31.2 Å². The van der Waals surface area contributed by atoms with Gasteiger partial charge in [-0.2, -0.15) is 8.42 Å². The topological polar surface area (TPSA) is 75.6 Å². The predicted octanol–water partition coefficient (Wildman–Crippen LogP) is 3.60. The van der Waals surface area contributed by atoms with Crippen LogP contribution in [0.5, 0.6) is 0 Å². The lowest BCUT2D eigenvalue weighted by Gasteiger charge is -2.44. The molecule has 1 fully saturated rings. The first kappa shape index (κ1) is 19.7. The third-order valence-corrected chi connectivity index (χ3v) is 5.77. The van der Waals surface area contributed by atoms with E-state index < -0.39 is 10.1 Å². The van der Waals surface area contributed by atoms with E-state index in [0.29, 0.717) is 18.0 Å². The molecular weight excluding hydrogens is 350 g/mol. The quantitative estimate of drug-likeness (QED) is 0.536. The number of halogens is 1. The van der Waals surface area contributed by atoms with Crippen molar-refractivity contribution in [3.8, 4) is 0 Å². The van der Waals surface area contributed by atoms with Crippen LogP contribution >= 0.6 is 11.6 Å². The molecule has 0 bridgehead atoms. The molecule has 7 heteroatoms. The Labute approximate surface area is 149 Å². The highest BCUT2D eigenvalue weighted by molar-refractivity contribution is 7.85. The molecule has 136 valence electrons. The van der Waals surface area contributed by atoms with Gasteiger partial charge in [-0.05, 0) is 43.5 Å². The molecule has 1 aliphatic rings. The number of ether oxygens (including phenoxy) is 1. The molecule has 0 aliphatic heterocycles. The van der Waals surface area contributed by atoms with Gasteiger partial charge in [0.2, 0.25) is 0 Å². The van der Waals surface area contributed by atoms with Crippen molar-refractivity contribution in [1.82, 2.24) is 5.32 Å². The summed E-state index contributed by atoms with van der Waals surface area (Å²) >= 11 is 5.99. The third-order valence-electron chi connectivity index (χ3n) is 4.71. The van der Waals surface area contributed by atoms with Crippen LogP contribution in [0.4, 0.5) is 0 Å². The Balaban J connectivity index is 2.13. The van der Waals surface area contributed by atoms with Crippen molar-refractivity contribution in [2.45, 2.75) is 50.2 Å². The van der Waals surface area contributed by atoms with Gasteiger partial charge in [0.25, 0.3) is 10.1 Å². The summed E-state index contributed by atoms with van der Waals surface area (Å²) < 4.78 is 36.5. The first-order valence-corrected chi connectivity index (χ1v) is 10.3. The van der Waals surface area contributed by atoms with Gasteiger partial charge in [-0.1, -0.05) is 43.0 Å². The number of benzene rings is 1. The van der Waals surface area contributed by atoms with E-state index in [2.05, 4.69) is 5.32 Å². The standard InChI is InChI=1S/C17H26ClNO4S/c1-23-16(14-6-8-15(18)9-7-14)17(10-3-2-4-11-17)19-12-5-13-24(20,21)22/h6-9,16,19H,2-5,10-13H2,1H3,(H,20,21,22). The smallest absolute Gasteiger partial charge is 0.264 e. The van der Waals surface area contributed by atoms with Crippen LogP contribution in [0.3, 0.4) is 0 Å². The number of hydrogen-bond acceptors (Lipinski definition) is 4. The van der Waals surface area contributed by atoms with Gasteiger partial charge >= 0.3 is 0 Å². The summed E-state index contributed by atoms with van der Waals surface area (Å²) in [5, 5.41) is 4.23. The molecule has 0 saturated heterocycles. The van der Waals surface area contributed by atoms with Gasteiger partial charge in [-0.25, -0.2) is 0 Å². The molecule has 1 aliphatic carbocycles. The molecule has 1 aromatic carbocycles. The fraction of sp³-hybridized carbons (Fsp3) is 0.647. The molecule has 1 unspecified atom stereocenters. The molecular formula is C17H26ClNO4S. The predicted molar refractivity (Wildman–Crippen MR) is 96.1 cm³/mol. The fourth-order valence-electron chi connectivity index (χ4n) is 3.62. The zero-order valence-electron chi connectivity index (χ0n) is 14.0. The average Bonchev–Trinajstić information content (AvgIpc) is 2.54. The lowest BCUT2D eigenvalue weighted by molar-refractivity contribution is -0.00458. The van der Waals surface area contributed by atoms with Gasteiger partial charge in [0.15, 0.2) is 0 Å². The summed E-state index contributed by atoms with van der Waals surface area (Å²) in [7, 11) is -2.21. The van der Waals surface area contributed by atoms with E-state index in [1.165, 1.54) is 6.42 Å². The fourth-order valence-corrected chi connectivity index (χ4v) is 4.26. The molecule has 24 heavy (non-hydrogen) atoms. The van der Waals surface area contributed by atoms with E-state index in [1.54, 1.807) is 7.11 Å². The van der Waals surface area contributed by atoms with Crippen LogP contribution in [0.1, 0.15) is 50.2 Å². The van der Waals surface area contributed by atoms with Crippen LogP contribution in [0.25, 0.3) is 0 Å². The summed E-state index contributed by atoms with van der Waals surface area (Å²) in [6, 6.07) is 7.68. The van der Waals surface area contributed by atoms with E-state index in [9.17, 15) is 8.42 Å². The van der Waals surface area contributed by atoms with Crippen LogP contribution in [-0.2, 0) is 14.9 Å². The Morgan fingerprint density at radius 1 is 1.25 bits per heavy atom. The second-order valence-corrected chi connectivity index (χ2v) is 8.46. The third kappa shape index (κ3) is 5.43. The number of hydrogen-bond donors (Lipinski definition) is 2. The van der Waals surface area contributed by atoms with Crippen molar-refractivity contribution in [2.24, 2.45) is 0 Å². The van der Waals surface area contributed by atoms with Crippen LogP contribution in [0.15, 0.2) is 24.3 Å². The van der Waals surface area contributed by atoms with Gasteiger partial charge in [-0.15, -0.1) is 0 Å². The second kappa shape index (κ2) is 8.63. The Morgan fingerprint density at radius 2 is 1.88 bits per heavy atom. The molecule has 0 spiro atoms. The van der Waals surface area contributed by atoms with E-state index in [4.69, 9.17) is 20.9 Å². The molecule has 0 heterocycles. The molecule has 0 amide bonds. The van der Waals surface area contributed by atoms with E-state index in [-0.39, 0.29) is 17.4 Å². The van der Waals surface area contributed by atoms with Gasteiger partial charge in [0.05, 0.1) is 5.75 Å². The normalized spacial score (nSPS) is 19.1. The summed E-state index contributed by atoms with van der Waals surface area (Å²) in [4.78, 5) is 0. The summed E-state index contributed by atoms with van der Waals surface area (Å²) in [6.45, 7) is 0.521. The minimum absolute atomic E-state index is 0.124. The van der Waals surface area contributed by atoms with Gasteiger partial charge in [0.1, 0.15) is 6.10 Å². The van der Waals surface area contributed by atoms with E-state index >= 15 is 0 Å². The lowest BCUT2D eigenvalue weighted by Crippen LogP contribution is -2.52. The van der Waals surface area contributed by atoms with Crippen LogP contribution in [0, 0.1) is 0 Å². The largest absolute Gasteiger partial charge is 0.375 e. The van der Waals surface area contributed by atoms with Gasteiger partial charge < -0.3 is 10.1 Å². The minimum Gasteiger partial charge on any atom is -0.375 e. The summed E-state index contributed by atoms with van der Waals surface area (Å²) in [6.07, 6.45) is 5.61. The first-order chi connectivity index (χ1) is 11.4. The van der Waals surface area contributed by atoms with Crippen molar-refractivity contribution in [3.05, 3.63) is 34.9 Å². The maximum atomic E-state index is 10.9. The van der Waals surface area contributed by atoms with E-state index in [1.807, 2.05) is 24.3 Å². The highest BCUT2D eigenvalue weighted by Crippen LogP contribution is 2.40. The van der Waals surface area contributed by atoms with Crippen molar-refractivity contribution < 1.29 is 17.7 Å².